The first-order valence-corrected chi connectivity index (χ1v) is 10.0. The van der Waals surface area contributed by atoms with E-state index in [-0.39, 0.29) is 0 Å². The molecule has 0 radical (unpaired) electrons. The van der Waals surface area contributed by atoms with Crippen molar-refractivity contribution in [3.63, 3.8) is 0 Å². The van der Waals surface area contributed by atoms with E-state index in [1.165, 1.54) is 51.4 Å². The third kappa shape index (κ3) is 17.3. The molecule has 0 heterocycles. The van der Waals surface area contributed by atoms with Crippen LogP contribution in [0.1, 0.15) is 84.5 Å². The summed E-state index contributed by atoms with van der Waals surface area (Å²) in [5, 5.41) is 8.85. The fourth-order valence-electron chi connectivity index (χ4n) is 2.47. The molecule has 0 spiro atoms. The van der Waals surface area contributed by atoms with Crippen molar-refractivity contribution in [3.05, 3.63) is 36.5 Å². The van der Waals surface area contributed by atoms with Crippen LogP contribution in [-0.2, 0) is 9.53 Å². The van der Waals surface area contributed by atoms with Gasteiger partial charge in [-0.05, 0) is 64.2 Å². The summed E-state index contributed by atoms with van der Waals surface area (Å²) in [6.45, 7) is 4.39. The van der Waals surface area contributed by atoms with Gasteiger partial charge in [-0.25, -0.2) is 4.79 Å². The van der Waals surface area contributed by atoms with E-state index in [0.29, 0.717) is 13.0 Å². The highest BCUT2D eigenvalue weighted by molar-refractivity contribution is 5.72. The van der Waals surface area contributed by atoms with Gasteiger partial charge >= 0.3 is 5.97 Å². The molecule has 0 aliphatic carbocycles. The monoisotopic (exact) mass is 350 g/mol. The Balaban J connectivity index is 3.35. The van der Waals surface area contributed by atoms with Crippen LogP contribution < -0.4 is 0 Å². The molecule has 1 N–H and O–H groups in total. The zero-order chi connectivity index (χ0) is 18.6. The summed E-state index contributed by atoms with van der Waals surface area (Å²) in [5.74, 6) is -0.878. The summed E-state index contributed by atoms with van der Waals surface area (Å²) >= 11 is 0. The van der Waals surface area contributed by atoms with Gasteiger partial charge in [-0.1, -0.05) is 56.7 Å². The van der Waals surface area contributed by atoms with Gasteiger partial charge in [0, 0.05) is 0 Å². The molecule has 0 aromatic rings. The fraction of sp³-hybridized carbons (Fsp3) is 0.682. The zero-order valence-electron chi connectivity index (χ0n) is 16.3. The molecule has 0 saturated carbocycles. The molecule has 0 bridgehead atoms. The lowest BCUT2D eigenvalue weighted by atomic mass is 10.1. The van der Waals surface area contributed by atoms with Crippen LogP contribution in [0.5, 0.6) is 0 Å². The lowest BCUT2D eigenvalue weighted by Crippen LogP contribution is -2.22. The fourth-order valence-corrected chi connectivity index (χ4v) is 2.47. The number of carboxylic acids is 1. The summed E-state index contributed by atoms with van der Waals surface area (Å²) in [5.41, 5.74) is 0. The van der Waals surface area contributed by atoms with E-state index in [1.807, 2.05) is 13.0 Å². The van der Waals surface area contributed by atoms with E-state index in [0.717, 1.165) is 12.8 Å². The van der Waals surface area contributed by atoms with Crippen molar-refractivity contribution in [2.75, 3.05) is 6.61 Å². The van der Waals surface area contributed by atoms with Gasteiger partial charge in [-0.2, -0.15) is 0 Å². The van der Waals surface area contributed by atoms with Crippen molar-refractivity contribution in [1.82, 2.24) is 0 Å². The highest BCUT2D eigenvalue weighted by atomic mass is 16.5. The SMILES string of the molecule is CC/C=C\CCCC/C=C\CCCCC/C=C/COC(CC)C(=O)O. The molecule has 1 atom stereocenters. The van der Waals surface area contributed by atoms with E-state index < -0.39 is 12.1 Å². The summed E-state index contributed by atoms with van der Waals surface area (Å²) < 4.78 is 5.27. The van der Waals surface area contributed by atoms with Crippen molar-refractivity contribution in [3.8, 4) is 0 Å². The van der Waals surface area contributed by atoms with Gasteiger partial charge in [0.25, 0.3) is 0 Å². The Kier molecular flexibility index (Phi) is 18.0. The first-order valence-electron chi connectivity index (χ1n) is 10.0. The molecule has 3 nitrogen and oxygen atoms in total. The Morgan fingerprint density at radius 2 is 1.28 bits per heavy atom. The lowest BCUT2D eigenvalue weighted by molar-refractivity contribution is -0.149. The van der Waals surface area contributed by atoms with Gasteiger partial charge in [0.2, 0.25) is 0 Å². The first-order chi connectivity index (χ1) is 12.2. The molecule has 0 saturated heterocycles. The van der Waals surface area contributed by atoms with E-state index in [1.54, 1.807) is 0 Å². The van der Waals surface area contributed by atoms with Crippen molar-refractivity contribution in [1.29, 1.82) is 0 Å². The lowest BCUT2D eigenvalue weighted by Gasteiger charge is -2.08. The highest BCUT2D eigenvalue weighted by Gasteiger charge is 2.13. The normalized spacial score (nSPS) is 13.4. The van der Waals surface area contributed by atoms with E-state index in [9.17, 15) is 4.79 Å². The molecule has 0 amide bonds. The molecule has 0 aromatic carbocycles. The molecule has 1 unspecified atom stereocenters. The molecule has 3 heteroatoms. The first kappa shape index (κ1) is 23.6. The molecule has 0 fully saturated rings. The van der Waals surface area contributed by atoms with E-state index in [2.05, 4.69) is 37.3 Å². The number of ether oxygens (including phenoxy) is 1. The number of carbonyl (C=O) groups is 1. The number of aliphatic carboxylic acids is 1. The van der Waals surface area contributed by atoms with Crippen molar-refractivity contribution < 1.29 is 14.6 Å². The minimum atomic E-state index is -0.878. The minimum absolute atomic E-state index is 0.391. The molecule has 0 aliphatic rings. The van der Waals surface area contributed by atoms with Crippen LogP contribution in [-0.4, -0.2) is 23.8 Å². The maximum atomic E-state index is 10.8. The second-order valence-electron chi connectivity index (χ2n) is 6.31. The maximum Gasteiger partial charge on any atom is 0.332 e. The predicted molar refractivity (Wildman–Crippen MR) is 107 cm³/mol. The smallest absolute Gasteiger partial charge is 0.332 e. The van der Waals surface area contributed by atoms with Crippen molar-refractivity contribution >= 4 is 5.97 Å². The van der Waals surface area contributed by atoms with Gasteiger partial charge in [0.1, 0.15) is 0 Å². The Bertz CT molecular complexity index is 383. The summed E-state index contributed by atoms with van der Waals surface area (Å²) in [4.78, 5) is 10.8. The van der Waals surface area contributed by atoms with Crippen LogP contribution in [0.25, 0.3) is 0 Å². The molecule has 144 valence electrons. The number of hydrogen-bond donors (Lipinski definition) is 1. The van der Waals surface area contributed by atoms with Crippen molar-refractivity contribution in [2.45, 2.75) is 90.6 Å². The second kappa shape index (κ2) is 19.0. The third-order valence-electron chi connectivity index (χ3n) is 4.01. The Morgan fingerprint density at radius 1 is 0.800 bits per heavy atom. The Hall–Kier alpha value is -1.35. The topological polar surface area (TPSA) is 46.5 Å². The zero-order valence-corrected chi connectivity index (χ0v) is 16.3. The van der Waals surface area contributed by atoms with E-state index in [4.69, 9.17) is 9.84 Å². The van der Waals surface area contributed by atoms with Crippen LogP contribution >= 0.6 is 0 Å². The molecule has 0 aromatic heterocycles. The summed E-state index contributed by atoms with van der Waals surface area (Å²) in [6, 6.07) is 0. The molecular formula is C22H38O3. The van der Waals surface area contributed by atoms with Gasteiger partial charge in [0.15, 0.2) is 6.10 Å². The Labute approximate surface area is 154 Å². The van der Waals surface area contributed by atoms with Gasteiger partial charge in [-0.15, -0.1) is 0 Å². The second-order valence-corrected chi connectivity index (χ2v) is 6.31. The van der Waals surface area contributed by atoms with Crippen LogP contribution in [0.4, 0.5) is 0 Å². The standard InChI is InChI=1S/C22H38O3/c1-3-5-6-7-8-9-10-11-12-13-14-15-16-17-18-19-20-25-21(4-2)22(23)24/h5-6,11-12,18-19,21H,3-4,7-10,13-17,20H2,1-2H3,(H,23,24)/b6-5-,12-11-,19-18+. The predicted octanol–water partition coefficient (Wildman–Crippen LogP) is 6.46. The number of unbranched alkanes of at least 4 members (excludes halogenated alkanes) is 7. The molecular weight excluding hydrogens is 312 g/mol. The Morgan fingerprint density at radius 3 is 1.76 bits per heavy atom. The number of allylic oxidation sites excluding steroid dienone is 5. The van der Waals surface area contributed by atoms with Gasteiger partial charge in [-0.3, -0.25) is 0 Å². The van der Waals surface area contributed by atoms with Gasteiger partial charge < -0.3 is 9.84 Å². The van der Waals surface area contributed by atoms with Crippen LogP contribution in [0, 0.1) is 0 Å². The van der Waals surface area contributed by atoms with Crippen molar-refractivity contribution in [2.24, 2.45) is 0 Å². The van der Waals surface area contributed by atoms with Crippen LogP contribution in [0.2, 0.25) is 0 Å². The summed E-state index contributed by atoms with van der Waals surface area (Å²) in [6.07, 6.45) is 25.1. The van der Waals surface area contributed by atoms with E-state index >= 15 is 0 Å². The molecule has 0 aliphatic heterocycles. The quantitative estimate of drug-likeness (QED) is 0.242. The van der Waals surface area contributed by atoms with Crippen LogP contribution in [0.15, 0.2) is 36.5 Å². The highest BCUT2D eigenvalue weighted by Crippen LogP contribution is 2.07. The number of rotatable bonds is 17. The largest absolute Gasteiger partial charge is 0.479 e. The van der Waals surface area contributed by atoms with Crippen LogP contribution in [0.3, 0.4) is 0 Å². The third-order valence-corrected chi connectivity index (χ3v) is 4.01. The molecule has 0 rings (SSSR count). The average Bonchev–Trinajstić information content (AvgIpc) is 2.60. The van der Waals surface area contributed by atoms with Gasteiger partial charge in [0.05, 0.1) is 6.61 Å². The maximum absolute atomic E-state index is 10.8. The average molecular weight is 351 g/mol. The minimum Gasteiger partial charge on any atom is -0.479 e. The summed E-state index contributed by atoms with van der Waals surface area (Å²) in [7, 11) is 0. The number of carboxylic acid groups (broad SMARTS) is 1. The molecule has 25 heavy (non-hydrogen) atoms. The number of hydrogen-bond acceptors (Lipinski definition) is 2.